The van der Waals surface area contributed by atoms with E-state index in [0.717, 1.165) is 25.7 Å². The van der Waals surface area contributed by atoms with Gasteiger partial charge in [-0.05, 0) is 46.5 Å². The number of fused-ring (bicyclic) bond motifs is 2. The van der Waals surface area contributed by atoms with E-state index in [1.165, 1.54) is 5.57 Å². The van der Waals surface area contributed by atoms with Crippen LogP contribution in [-0.2, 0) is 4.74 Å². The van der Waals surface area contributed by atoms with Gasteiger partial charge in [0, 0.05) is 6.04 Å². The highest BCUT2D eigenvalue weighted by atomic mass is 16.6. The Morgan fingerprint density at radius 2 is 2.06 bits per heavy atom. The van der Waals surface area contributed by atoms with Crippen LogP contribution in [0.4, 0.5) is 4.79 Å². The Hall–Kier alpha value is -0.990. The van der Waals surface area contributed by atoms with Crippen molar-refractivity contribution >= 4 is 6.09 Å². The van der Waals surface area contributed by atoms with Crippen LogP contribution < -0.4 is 0 Å². The molecule has 2 aliphatic rings. The highest BCUT2D eigenvalue weighted by molar-refractivity contribution is 5.70. The third-order valence-corrected chi connectivity index (χ3v) is 3.38. The molecular formula is C13H21NO2. The van der Waals surface area contributed by atoms with Gasteiger partial charge in [0.25, 0.3) is 0 Å². The maximum atomic E-state index is 12.1. The van der Waals surface area contributed by atoms with Crippen molar-refractivity contribution in [2.45, 2.75) is 64.1 Å². The molecule has 0 aromatic carbocycles. The maximum Gasteiger partial charge on any atom is 0.411 e. The third kappa shape index (κ3) is 2.08. The van der Waals surface area contributed by atoms with Crippen molar-refractivity contribution in [1.82, 2.24) is 4.90 Å². The van der Waals surface area contributed by atoms with Gasteiger partial charge in [-0.2, -0.15) is 0 Å². The predicted octanol–water partition coefficient (Wildman–Crippen LogP) is 3.10. The first-order valence-corrected chi connectivity index (χ1v) is 6.07. The molecule has 2 atom stereocenters. The third-order valence-electron chi connectivity index (χ3n) is 3.38. The standard InChI is InChI=1S/C13H21NO2/c1-9-5-6-10-7-8-11(9)14(10)12(15)16-13(2,3)4/h10-11H,1,5-8H2,2-4H3. The van der Waals surface area contributed by atoms with Crippen LogP contribution in [0.1, 0.15) is 46.5 Å². The van der Waals surface area contributed by atoms with Gasteiger partial charge in [-0.3, -0.25) is 4.90 Å². The van der Waals surface area contributed by atoms with Crippen molar-refractivity contribution in [3.8, 4) is 0 Å². The predicted molar refractivity (Wildman–Crippen MR) is 63.3 cm³/mol. The molecule has 0 spiro atoms. The van der Waals surface area contributed by atoms with E-state index in [0.29, 0.717) is 6.04 Å². The van der Waals surface area contributed by atoms with Crippen molar-refractivity contribution in [3.63, 3.8) is 0 Å². The minimum Gasteiger partial charge on any atom is -0.444 e. The van der Waals surface area contributed by atoms with Gasteiger partial charge in [0.15, 0.2) is 0 Å². The minimum absolute atomic E-state index is 0.166. The summed E-state index contributed by atoms with van der Waals surface area (Å²) in [5, 5.41) is 0. The Morgan fingerprint density at radius 1 is 1.38 bits per heavy atom. The van der Waals surface area contributed by atoms with Crippen molar-refractivity contribution in [1.29, 1.82) is 0 Å². The average Bonchev–Trinajstić information content (AvgIpc) is 2.46. The monoisotopic (exact) mass is 223 g/mol. The van der Waals surface area contributed by atoms with Crippen LogP contribution in [0.3, 0.4) is 0 Å². The molecule has 2 saturated heterocycles. The highest BCUT2D eigenvalue weighted by Gasteiger charge is 2.43. The number of rotatable bonds is 0. The molecule has 0 aromatic rings. The smallest absolute Gasteiger partial charge is 0.411 e. The van der Waals surface area contributed by atoms with E-state index in [2.05, 4.69) is 6.58 Å². The Kier molecular flexibility index (Phi) is 2.72. The van der Waals surface area contributed by atoms with E-state index in [1.807, 2.05) is 25.7 Å². The van der Waals surface area contributed by atoms with E-state index in [-0.39, 0.29) is 12.1 Å². The Bertz CT molecular complexity index is 316. The lowest BCUT2D eigenvalue weighted by atomic mass is 9.99. The number of piperidine rings is 1. The molecule has 3 nitrogen and oxygen atoms in total. The Morgan fingerprint density at radius 3 is 2.69 bits per heavy atom. The van der Waals surface area contributed by atoms with Crippen molar-refractivity contribution in [2.24, 2.45) is 0 Å². The molecule has 0 saturated carbocycles. The zero-order chi connectivity index (χ0) is 11.9. The lowest BCUT2D eigenvalue weighted by Gasteiger charge is -2.37. The summed E-state index contributed by atoms with van der Waals surface area (Å²) in [6.45, 7) is 9.80. The lowest BCUT2D eigenvalue weighted by Crippen LogP contribution is -2.47. The summed E-state index contributed by atoms with van der Waals surface area (Å²) in [6, 6.07) is 0.610. The van der Waals surface area contributed by atoms with Gasteiger partial charge in [-0.25, -0.2) is 4.79 Å². The number of carbonyl (C=O) groups is 1. The van der Waals surface area contributed by atoms with Crippen LogP contribution >= 0.6 is 0 Å². The summed E-state index contributed by atoms with van der Waals surface area (Å²) >= 11 is 0. The topological polar surface area (TPSA) is 29.5 Å². The molecule has 90 valence electrons. The van der Waals surface area contributed by atoms with Crippen molar-refractivity contribution in [2.75, 3.05) is 0 Å². The summed E-state index contributed by atoms with van der Waals surface area (Å²) in [5.41, 5.74) is 0.787. The highest BCUT2D eigenvalue weighted by Crippen LogP contribution is 2.38. The van der Waals surface area contributed by atoms with Gasteiger partial charge in [0.1, 0.15) is 5.60 Å². The van der Waals surface area contributed by atoms with Gasteiger partial charge in [0.2, 0.25) is 0 Å². The normalized spacial score (nSPS) is 29.4. The first kappa shape index (κ1) is 11.5. The SMILES string of the molecule is C=C1CCC2CCC1N2C(=O)OC(C)(C)C. The second-order valence-electron chi connectivity index (χ2n) is 5.83. The lowest BCUT2D eigenvalue weighted by molar-refractivity contribution is 0.0134. The minimum atomic E-state index is -0.407. The fraction of sp³-hybridized carbons (Fsp3) is 0.769. The molecule has 2 unspecified atom stereocenters. The van der Waals surface area contributed by atoms with E-state index in [1.54, 1.807) is 0 Å². The van der Waals surface area contributed by atoms with Gasteiger partial charge >= 0.3 is 6.09 Å². The molecule has 2 aliphatic heterocycles. The van der Waals surface area contributed by atoms with Crippen LogP contribution in [0.2, 0.25) is 0 Å². The molecule has 0 aromatic heterocycles. The molecule has 0 aliphatic carbocycles. The van der Waals surface area contributed by atoms with Crippen LogP contribution in [0.25, 0.3) is 0 Å². The molecule has 2 bridgehead atoms. The molecule has 1 amide bonds. The van der Waals surface area contributed by atoms with E-state index < -0.39 is 5.60 Å². The van der Waals surface area contributed by atoms with Gasteiger partial charge < -0.3 is 4.74 Å². The van der Waals surface area contributed by atoms with Gasteiger partial charge in [-0.15, -0.1) is 0 Å². The average molecular weight is 223 g/mol. The molecule has 2 fully saturated rings. The van der Waals surface area contributed by atoms with Crippen LogP contribution in [0.15, 0.2) is 12.2 Å². The van der Waals surface area contributed by atoms with E-state index >= 15 is 0 Å². The van der Waals surface area contributed by atoms with E-state index in [9.17, 15) is 4.79 Å². The quantitative estimate of drug-likeness (QED) is 0.590. The molecule has 0 N–H and O–H groups in total. The number of hydrogen-bond acceptors (Lipinski definition) is 2. The molecule has 2 heterocycles. The fourth-order valence-corrected chi connectivity index (χ4v) is 2.68. The number of ether oxygens (including phenoxy) is 1. The number of amides is 1. The van der Waals surface area contributed by atoms with Crippen LogP contribution in [-0.4, -0.2) is 28.7 Å². The zero-order valence-corrected chi connectivity index (χ0v) is 10.5. The second-order valence-corrected chi connectivity index (χ2v) is 5.83. The number of carbonyl (C=O) groups excluding carboxylic acids is 1. The van der Waals surface area contributed by atoms with Crippen molar-refractivity contribution in [3.05, 3.63) is 12.2 Å². The molecule has 3 heteroatoms. The summed E-state index contributed by atoms with van der Waals surface area (Å²) in [5.74, 6) is 0. The van der Waals surface area contributed by atoms with E-state index in [4.69, 9.17) is 4.74 Å². The largest absolute Gasteiger partial charge is 0.444 e. The molecule has 16 heavy (non-hydrogen) atoms. The van der Waals surface area contributed by atoms with Crippen LogP contribution in [0.5, 0.6) is 0 Å². The summed E-state index contributed by atoms with van der Waals surface area (Å²) < 4.78 is 5.45. The van der Waals surface area contributed by atoms with Crippen LogP contribution in [0, 0.1) is 0 Å². The fourth-order valence-electron chi connectivity index (χ4n) is 2.68. The maximum absolute atomic E-state index is 12.1. The first-order chi connectivity index (χ1) is 7.38. The molecule has 2 rings (SSSR count). The summed E-state index contributed by atoms with van der Waals surface area (Å²) in [6.07, 6.45) is 4.11. The van der Waals surface area contributed by atoms with Gasteiger partial charge in [0.05, 0.1) is 6.04 Å². The second kappa shape index (κ2) is 3.79. The van der Waals surface area contributed by atoms with Gasteiger partial charge in [-0.1, -0.05) is 12.2 Å². The summed E-state index contributed by atoms with van der Waals surface area (Å²) in [7, 11) is 0. The number of hydrogen-bond donors (Lipinski definition) is 0. The zero-order valence-electron chi connectivity index (χ0n) is 10.5. The summed E-state index contributed by atoms with van der Waals surface area (Å²) in [4.78, 5) is 14.0. The number of nitrogens with zero attached hydrogens (tertiary/aromatic N) is 1. The molecule has 0 radical (unpaired) electrons. The molecular weight excluding hydrogens is 202 g/mol. The first-order valence-electron chi connectivity index (χ1n) is 6.07. The Balaban J connectivity index is 2.09. The Labute approximate surface area is 97.5 Å². The van der Waals surface area contributed by atoms with Crippen molar-refractivity contribution < 1.29 is 9.53 Å².